The molecule has 1 aromatic rings. The van der Waals surface area contributed by atoms with Crippen molar-refractivity contribution in [3.63, 3.8) is 0 Å². The number of ether oxygens (including phenoxy) is 5. The number of halogens is 2. The molecule has 1 aliphatic rings. The summed E-state index contributed by atoms with van der Waals surface area (Å²) in [5, 5.41) is 0. The molecule has 0 aromatic carbocycles. The number of hydrogen-bond donors (Lipinski definition) is 1. The maximum atomic E-state index is 15.0. The summed E-state index contributed by atoms with van der Waals surface area (Å²) in [5.74, 6) is -1.72. The second-order valence-electron chi connectivity index (χ2n) is 8.77. The number of carbonyl (C=O) groups excluding carboxylic acids is 2. The van der Waals surface area contributed by atoms with Crippen LogP contribution in [0.3, 0.4) is 0 Å². The number of alkyl halides is 1. The first-order chi connectivity index (χ1) is 18.2. The molecule has 0 saturated carbocycles. The zero-order valence-electron chi connectivity index (χ0n) is 22.0. The Kier molecular flexibility index (Phi) is 11.6. The van der Waals surface area contributed by atoms with Gasteiger partial charge in [0.15, 0.2) is 17.9 Å². The van der Waals surface area contributed by atoms with Crippen LogP contribution in [-0.4, -0.2) is 66.0 Å². The van der Waals surface area contributed by atoms with E-state index in [1.807, 2.05) is 0 Å². The normalized spacial score (nSPS) is 21.3. The Hall–Kier alpha value is -2.85. The number of aromatic nitrogens is 2. The van der Waals surface area contributed by atoms with Gasteiger partial charge in [-0.2, -0.15) is 4.98 Å². The quantitative estimate of drug-likeness (QED) is 0.200. The van der Waals surface area contributed by atoms with E-state index < -0.39 is 87.9 Å². The summed E-state index contributed by atoms with van der Waals surface area (Å²) in [6.45, 7) is 5.29. The van der Waals surface area contributed by atoms with Crippen molar-refractivity contribution in [3.8, 4) is 0 Å². The van der Waals surface area contributed by atoms with Crippen LogP contribution in [0.5, 0.6) is 0 Å². The summed E-state index contributed by atoms with van der Waals surface area (Å²) in [7, 11) is -4.67. The monoisotopic (exact) mass is 587 g/mol. The van der Waals surface area contributed by atoms with Gasteiger partial charge in [-0.05, 0) is 34.1 Å². The molecular formula is C21H32F2N3O12P. The van der Waals surface area contributed by atoms with Crippen LogP contribution >= 0.6 is 7.82 Å². The Balaban J connectivity index is 2.13. The molecular weight excluding hydrogens is 555 g/mol. The second-order valence-corrected chi connectivity index (χ2v) is 10.4. The molecule has 1 aliphatic heterocycles. The molecule has 39 heavy (non-hydrogen) atoms. The van der Waals surface area contributed by atoms with E-state index >= 15 is 0 Å². The van der Waals surface area contributed by atoms with Crippen LogP contribution in [0, 0.1) is 5.82 Å². The zero-order chi connectivity index (χ0) is 29.4. The van der Waals surface area contributed by atoms with Gasteiger partial charge in [-0.1, -0.05) is 6.92 Å². The number of carbonyl (C=O) groups is 2. The van der Waals surface area contributed by atoms with E-state index in [0.29, 0.717) is 10.8 Å². The van der Waals surface area contributed by atoms with Crippen molar-refractivity contribution in [2.24, 2.45) is 0 Å². The van der Waals surface area contributed by atoms with Crippen molar-refractivity contribution >= 4 is 26.0 Å². The molecule has 2 N–H and O–H groups in total. The van der Waals surface area contributed by atoms with Crippen molar-refractivity contribution in [3.05, 3.63) is 22.5 Å². The molecule has 0 spiro atoms. The van der Waals surface area contributed by atoms with Gasteiger partial charge in [0.05, 0.1) is 30.6 Å². The summed E-state index contributed by atoms with van der Waals surface area (Å²) < 4.78 is 82.4. The molecule has 1 fully saturated rings. The molecule has 2 heterocycles. The third-order valence-electron chi connectivity index (χ3n) is 5.02. The van der Waals surface area contributed by atoms with E-state index in [0.717, 1.165) is 0 Å². The predicted molar refractivity (Wildman–Crippen MR) is 126 cm³/mol. The lowest BCUT2D eigenvalue weighted by molar-refractivity contribution is -0.112. The highest BCUT2D eigenvalue weighted by Crippen LogP contribution is 2.52. The van der Waals surface area contributed by atoms with Crippen molar-refractivity contribution in [1.82, 2.24) is 9.55 Å². The second kappa shape index (κ2) is 14.0. The lowest BCUT2D eigenvalue weighted by Gasteiger charge is -2.29. The first kappa shape index (κ1) is 32.4. The maximum absolute atomic E-state index is 15.0. The number of phosphoric ester groups is 1. The average molecular weight is 587 g/mol. The molecule has 2 rings (SSSR count). The fraction of sp³-hybridized carbons (Fsp3) is 0.714. The minimum Gasteiger partial charge on any atom is -0.432 e. The standard InChI is InChI=1S/C21H32F2N3O12P/c1-6-21(7-14(22)17(38-21)26-8-15(23)16(24)25-18(26)27)9-33-39(30,34-10-31-19(28)36-12(2)3)35-11-32-20(29)37-13(4)5/h8,12-14,17H,6-7,9-11H2,1-5H3,(H2,24,25,27)/t14-,17+,21-/m0/s1. The zero-order valence-corrected chi connectivity index (χ0v) is 22.9. The highest BCUT2D eigenvalue weighted by Gasteiger charge is 2.49. The minimum absolute atomic E-state index is 0.0674. The smallest absolute Gasteiger partial charge is 0.432 e. The summed E-state index contributed by atoms with van der Waals surface area (Å²) in [5.41, 5.74) is 2.72. The Labute approximate surface area is 222 Å². The fourth-order valence-corrected chi connectivity index (χ4v) is 4.15. The Morgan fingerprint density at radius 2 is 1.69 bits per heavy atom. The largest absolute Gasteiger partial charge is 0.510 e. The molecule has 18 heteroatoms. The van der Waals surface area contributed by atoms with Crippen LogP contribution in [0.15, 0.2) is 11.0 Å². The third kappa shape index (κ3) is 9.69. The van der Waals surface area contributed by atoms with Crippen molar-refractivity contribution in [2.75, 3.05) is 25.9 Å². The van der Waals surface area contributed by atoms with E-state index in [9.17, 15) is 27.7 Å². The molecule has 0 aliphatic carbocycles. The highest BCUT2D eigenvalue weighted by atomic mass is 31.2. The van der Waals surface area contributed by atoms with Gasteiger partial charge in [0.25, 0.3) is 0 Å². The Morgan fingerprint density at radius 1 is 1.15 bits per heavy atom. The number of nitrogens with two attached hydrogens (primary N) is 1. The molecule has 0 bridgehead atoms. The number of anilines is 1. The number of nitrogens with zero attached hydrogens (tertiary/aromatic N) is 2. The SMILES string of the molecule is CC[C@@]1(COP(=O)(OCOC(=O)OC(C)C)OCOC(=O)OC(C)C)C[C@H](F)[C@H](n2cc(F)c(N)nc2=O)O1. The molecule has 0 radical (unpaired) electrons. The van der Waals surface area contributed by atoms with Gasteiger partial charge in [-0.25, -0.2) is 36.8 Å². The van der Waals surface area contributed by atoms with Gasteiger partial charge in [0.2, 0.25) is 13.6 Å². The van der Waals surface area contributed by atoms with Gasteiger partial charge < -0.3 is 29.4 Å². The number of hydrogen-bond acceptors (Lipinski definition) is 14. The minimum atomic E-state index is -4.67. The predicted octanol–water partition coefficient (Wildman–Crippen LogP) is 3.57. The highest BCUT2D eigenvalue weighted by molar-refractivity contribution is 7.48. The van der Waals surface area contributed by atoms with Crippen LogP contribution in [0.2, 0.25) is 0 Å². The maximum Gasteiger partial charge on any atom is 0.510 e. The molecule has 1 saturated heterocycles. The van der Waals surface area contributed by atoms with E-state index in [1.54, 1.807) is 34.6 Å². The summed E-state index contributed by atoms with van der Waals surface area (Å²) in [6.07, 6.45) is -6.40. The van der Waals surface area contributed by atoms with Crippen LogP contribution in [0.4, 0.5) is 24.2 Å². The van der Waals surface area contributed by atoms with E-state index in [4.69, 9.17) is 33.5 Å². The third-order valence-corrected chi connectivity index (χ3v) is 6.31. The van der Waals surface area contributed by atoms with Gasteiger partial charge in [-0.15, -0.1) is 0 Å². The van der Waals surface area contributed by atoms with E-state index in [-0.39, 0.29) is 12.8 Å². The molecule has 15 nitrogen and oxygen atoms in total. The Morgan fingerprint density at radius 3 is 2.18 bits per heavy atom. The molecule has 1 aromatic heterocycles. The molecule has 3 atom stereocenters. The van der Waals surface area contributed by atoms with E-state index in [1.165, 1.54) is 0 Å². The van der Waals surface area contributed by atoms with Crippen molar-refractivity contribution < 1.29 is 60.2 Å². The van der Waals surface area contributed by atoms with Gasteiger partial charge in [-0.3, -0.25) is 9.09 Å². The number of nitrogen functional groups attached to an aromatic ring is 1. The van der Waals surface area contributed by atoms with Crippen molar-refractivity contribution in [1.29, 1.82) is 0 Å². The van der Waals surface area contributed by atoms with Crippen LogP contribution in [0.25, 0.3) is 0 Å². The topological polar surface area (TPSA) is 186 Å². The van der Waals surface area contributed by atoms with E-state index in [2.05, 4.69) is 14.5 Å². The van der Waals surface area contributed by atoms with Gasteiger partial charge in [0, 0.05) is 6.42 Å². The first-order valence-corrected chi connectivity index (χ1v) is 13.2. The molecule has 0 amide bonds. The number of phosphoric acid groups is 1. The van der Waals surface area contributed by atoms with Crippen LogP contribution in [-0.2, 0) is 41.8 Å². The summed E-state index contributed by atoms with van der Waals surface area (Å²) in [4.78, 5) is 38.6. The van der Waals surface area contributed by atoms with Crippen LogP contribution < -0.4 is 11.4 Å². The lowest BCUT2D eigenvalue weighted by Crippen LogP contribution is -2.35. The Bertz CT molecular complexity index is 1070. The van der Waals surface area contributed by atoms with Gasteiger partial charge in [0.1, 0.15) is 6.17 Å². The average Bonchev–Trinajstić information content (AvgIpc) is 3.16. The van der Waals surface area contributed by atoms with Crippen molar-refractivity contribution in [2.45, 2.75) is 77.7 Å². The summed E-state index contributed by atoms with van der Waals surface area (Å²) >= 11 is 0. The first-order valence-electron chi connectivity index (χ1n) is 11.8. The van der Waals surface area contributed by atoms with Crippen LogP contribution in [0.1, 0.15) is 53.7 Å². The fourth-order valence-electron chi connectivity index (χ4n) is 3.17. The molecule has 0 unspecified atom stereocenters. The summed E-state index contributed by atoms with van der Waals surface area (Å²) in [6, 6.07) is 0. The van der Waals surface area contributed by atoms with Gasteiger partial charge >= 0.3 is 25.8 Å². The molecule has 222 valence electrons. The lowest BCUT2D eigenvalue weighted by atomic mass is 9.97. The number of rotatable bonds is 13.